The van der Waals surface area contributed by atoms with E-state index in [-0.39, 0.29) is 66.7 Å². The fraction of sp³-hybridized carbons (Fsp3) is 0.606. The molecule has 3 aliphatic heterocycles. The van der Waals surface area contributed by atoms with Crippen molar-refractivity contribution in [3.8, 4) is 0 Å². The number of amides is 2. The Kier molecular flexibility index (Phi) is 7.70. The van der Waals surface area contributed by atoms with Crippen molar-refractivity contribution in [2.75, 3.05) is 36.5 Å². The largest absolute Gasteiger partial charge is 0.444 e. The molecule has 4 aliphatic rings. The number of aromatic nitrogens is 4. The van der Waals surface area contributed by atoms with Gasteiger partial charge in [-0.2, -0.15) is 22.7 Å². The number of nitrogens with zero attached hydrogens (tertiary/aromatic N) is 6. The highest BCUT2D eigenvalue weighted by Crippen LogP contribution is 2.46. The van der Waals surface area contributed by atoms with E-state index in [1.807, 2.05) is 32.6 Å². The lowest BCUT2D eigenvalue weighted by Crippen LogP contribution is -2.67. The summed E-state index contributed by atoms with van der Waals surface area (Å²) in [6.07, 6.45) is -1.32. The Morgan fingerprint density at radius 2 is 1.94 bits per heavy atom. The van der Waals surface area contributed by atoms with E-state index in [1.54, 1.807) is 15.5 Å². The molecule has 3 aromatic heterocycles. The number of rotatable bonds is 4. The Morgan fingerprint density at radius 3 is 2.61 bits per heavy atom. The van der Waals surface area contributed by atoms with E-state index in [0.717, 1.165) is 12.8 Å². The number of anilines is 2. The molecule has 0 bridgehead atoms. The lowest BCUT2D eigenvalue weighted by molar-refractivity contribution is -0.134. The van der Waals surface area contributed by atoms with Crippen LogP contribution in [-0.2, 0) is 20.4 Å². The maximum absolute atomic E-state index is 14.6. The number of thiophene rings is 1. The lowest BCUT2D eigenvalue weighted by atomic mass is 9.81. The van der Waals surface area contributed by atoms with E-state index in [4.69, 9.17) is 17.2 Å². The molecule has 7 rings (SSSR count). The van der Waals surface area contributed by atoms with Gasteiger partial charge in [-0.3, -0.25) is 14.2 Å². The van der Waals surface area contributed by atoms with E-state index >= 15 is 0 Å². The molecule has 3 aromatic rings. The van der Waals surface area contributed by atoms with Crippen LogP contribution in [0.2, 0.25) is 0 Å². The van der Waals surface area contributed by atoms with Gasteiger partial charge in [0.1, 0.15) is 22.2 Å². The van der Waals surface area contributed by atoms with Crippen molar-refractivity contribution in [2.45, 2.75) is 103 Å². The van der Waals surface area contributed by atoms with Gasteiger partial charge in [-0.15, -0.1) is 16.4 Å². The first kappa shape index (κ1) is 31.1. The van der Waals surface area contributed by atoms with Crippen LogP contribution in [-0.4, -0.2) is 80.0 Å². The van der Waals surface area contributed by atoms with Crippen molar-refractivity contribution in [2.24, 2.45) is 0 Å². The number of piperazine rings is 1. The molecule has 2 fully saturated rings. The maximum atomic E-state index is 14.6. The average Bonchev–Trinajstić information content (AvgIpc) is 3.66. The van der Waals surface area contributed by atoms with E-state index in [1.165, 1.54) is 16.8 Å². The van der Waals surface area contributed by atoms with E-state index in [9.17, 15) is 27.6 Å². The van der Waals surface area contributed by atoms with Crippen molar-refractivity contribution < 1.29 is 35.0 Å². The van der Waals surface area contributed by atoms with E-state index < -0.39 is 46.8 Å². The molecule has 6 heterocycles. The normalized spacial score (nSPS) is 25.8. The molecule has 12 nitrogen and oxygen atoms in total. The zero-order valence-electron chi connectivity index (χ0n) is 29.9. The standard InChI is InChI=1S/C33H40F3N7O5S/c1-17-15-23(28(44)37-20-16-49-26(18(20)2)33(34,35)36)42-24(17)25(29(45)43-30(42)38-27(39-43)19-7-6-13-47-14-10-19)40-11-12-41(22-9-8-21(22)40)31(46)48-32(3,4)5/h10,16-17,21-23H,6-9,11-15H2,1-5H3,(H,37,44)/t17?,21-,22-,23?/m0/s1/i13D2. The van der Waals surface area contributed by atoms with Gasteiger partial charge in [0.05, 0.1) is 26.8 Å². The first-order valence-corrected chi connectivity index (χ1v) is 17.3. The van der Waals surface area contributed by atoms with Gasteiger partial charge in [0, 0.05) is 37.0 Å². The first-order chi connectivity index (χ1) is 23.8. The van der Waals surface area contributed by atoms with Crippen LogP contribution in [0, 0.1) is 6.92 Å². The minimum absolute atomic E-state index is 0.0222. The van der Waals surface area contributed by atoms with Crippen molar-refractivity contribution >= 4 is 46.1 Å². The Labute approximate surface area is 287 Å². The second-order valence-electron chi connectivity index (χ2n) is 14.1. The molecule has 4 atom stereocenters. The molecule has 1 N–H and O–H groups in total. The molecule has 0 spiro atoms. The quantitative estimate of drug-likeness (QED) is 0.364. The minimum atomic E-state index is -4.56. The van der Waals surface area contributed by atoms with Crippen molar-refractivity contribution in [3.05, 3.63) is 43.8 Å². The highest BCUT2D eigenvalue weighted by Gasteiger charge is 2.49. The minimum Gasteiger partial charge on any atom is -0.444 e. The predicted octanol–water partition coefficient (Wildman–Crippen LogP) is 5.75. The Bertz CT molecular complexity index is 2000. The molecule has 0 radical (unpaired) electrons. The highest BCUT2D eigenvalue weighted by atomic mass is 32.1. The summed E-state index contributed by atoms with van der Waals surface area (Å²) in [7, 11) is 0. The number of allylic oxidation sites excluding steroid dienone is 1. The van der Waals surface area contributed by atoms with Gasteiger partial charge >= 0.3 is 12.3 Å². The van der Waals surface area contributed by atoms with Gasteiger partial charge in [-0.1, -0.05) is 13.0 Å². The van der Waals surface area contributed by atoms with Gasteiger partial charge in [-0.25, -0.2) is 4.79 Å². The summed E-state index contributed by atoms with van der Waals surface area (Å²) in [5, 5.41) is 8.60. The third-order valence-electron chi connectivity index (χ3n) is 9.71. The first-order valence-electron chi connectivity index (χ1n) is 17.5. The Balaban J connectivity index is 1.32. The summed E-state index contributed by atoms with van der Waals surface area (Å²) in [6.45, 7) is 7.40. The molecule has 1 aliphatic carbocycles. The molecule has 2 amide bonds. The number of nitrogens with one attached hydrogen (secondary N) is 1. The van der Waals surface area contributed by atoms with Crippen LogP contribution in [0.1, 0.15) is 96.5 Å². The number of carbonyl (C=O) groups is 2. The van der Waals surface area contributed by atoms with Crippen LogP contribution in [0.4, 0.5) is 29.3 Å². The summed E-state index contributed by atoms with van der Waals surface area (Å²) in [5.74, 6) is -0.590. The van der Waals surface area contributed by atoms with Crippen LogP contribution >= 0.6 is 11.3 Å². The van der Waals surface area contributed by atoms with Crippen molar-refractivity contribution in [1.29, 1.82) is 0 Å². The summed E-state index contributed by atoms with van der Waals surface area (Å²) in [4.78, 5) is 49.5. The number of hydrogen-bond donors (Lipinski definition) is 1. The smallest absolute Gasteiger partial charge is 0.425 e. The lowest BCUT2D eigenvalue weighted by Gasteiger charge is -2.54. The van der Waals surface area contributed by atoms with Crippen molar-refractivity contribution in [1.82, 2.24) is 24.1 Å². The average molecular weight is 706 g/mol. The predicted molar refractivity (Wildman–Crippen MR) is 177 cm³/mol. The van der Waals surface area contributed by atoms with Crippen LogP contribution in [0.15, 0.2) is 16.3 Å². The van der Waals surface area contributed by atoms with Gasteiger partial charge in [0.2, 0.25) is 11.7 Å². The van der Waals surface area contributed by atoms with Crippen molar-refractivity contribution in [3.63, 3.8) is 0 Å². The number of carbonyl (C=O) groups excluding carboxylic acids is 2. The molecular formula is C33H40F3N7O5S. The molecule has 16 heteroatoms. The van der Waals surface area contributed by atoms with Gasteiger partial charge in [-0.05, 0) is 70.9 Å². The fourth-order valence-electron chi connectivity index (χ4n) is 7.35. The molecule has 0 aromatic carbocycles. The second-order valence-corrected chi connectivity index (χ2v) is 14.9. The fourth-order valence-corrected chi connectivity index (χ4v) is 8.24. The summed E-state index contributed by atoms with van der Waals surface area (Å²) in [5.41, 5.74) is 0.363. The van der Waals surface area contributed by atoms with Gasteiger partial charge < -0.3 is 24.6 Å². The molecule has 2 unspecified atom stereocenters. The van der Waals surface area contributed by atoms with E-state index in [0.29, 0.717) is 41.4 Å². The number of halogens is 3. The van der Waals surface area contributed by atoms with Crippen LogP contribution in [0.3, 0.4) is 0 Å². The van der Waals surface area contributed by atoms with E-state index in [2.05, 4.69) is 10.4 Å². The van der Waals surface area contributed by atoms with Gasteiger partial charge in [0.15, 0.2) is 5.82 Å². The molecular weight excluding hydrogens is 663 g/mol. The number of fused-ring (bicyclic) bond motifs is 4. The monoisotopic (exact) mass is 705 g/mol. The highest BCUT2D eigenvalue weighted by molar-refractivity contribution is 7.10. The molecule has 1 saturated heterocycles. The zero-order valence-corrected chi connectivity index (χ0v) is 28.7. The zero-order chi connectivity index (χ0) is 36.8. The van der Waals surface area contributed by atoms with Crippen LogP contribution < -0.4 is 15.8 Å². The maximum Gasteiger partial charge on any atom is 0.425 e. The van der Waals surface area contributed by atoms with Crippen LogP contribution in [0.5, 0.6) is 0 Å². The molecule has 264 valence electrons. The summed E-state index contributed by atoms with van der Waals surface area (Å²) < 4.78 is 70.7. The number of alkyl halides is 3. The Morgan fingerprint density at radius 1 is 1.18 bits per heavy atom. The molecule has 49 heavy (non-hydrogen) atoms. The summed E-state index contributed by atoms with van der Waals surface area (Å²) in [6, 6.07) is -1.33. The number of hydrogen-bond acceptors (Lipinski definition) is 9. The van der Waals surface area contributed by atoms with Crippen LogP contribution in [0.25, 0.3) is 11.4 Å². The molecule has 1 saturated carbocycles. The van der Waals surface area contributed by atoms with Gasteiger partial charge in [0.25, 0.3) is 5.56 Å². The number of ether oxygens (including phenoxy) is 2. The third kappa shape index (κ3) is 5.89. The topological polar surface area (TPSA) is 123 Å². The Hall–Kier alpha value is -3.92. The third-order valence-corrected chi connectivity index (χ3v) is 10.8. The SMILES string of the molecule is [2H]C1([2H])CCC(c2nc3n4c(c(N5CCN(C(=O)OC(C)(C)C)[C@H]6CC[C@@H]65)c(=O)n3n2)C(C)CC4C(=O)Nc2csc(C(F)(F)F)c2C)=CCO1. The second kappa shape index (κ2) is 12.1. The summed E-state index contributed by atoms with van der Waals surface area (Å²) >= 11 is 0.511.